The van der Waals surface area contributed by atoms with Crippen molar-refractivity contribution in [3.63, 3.8) is 0 Å². The molecule has 2 N–H and O–H groups in total. The van der Waals surface area contributed by atoms with E-state index in [1.165, 1.54) is 4.88 Å². The molecule has 0 aliphatic heterocycles. The summed E-state index contributed by atoms with van der Waals surface area (Å²) in [6, 6.07) is 0.0356. The van der Waals surface area contributed by atoms with E-state index in [0.29, 0.717) is 12.5 Å². The van der Waals surface area contributed by atoms with Crippen molar-refractivity contribution in [3.05, 3.63) is 16.1 Å². The Kier molecular flexibility index (Phi) is 7.29. The number of hydrogen-bond donors (Lipinski definition) is 2. The molecule has 0 aliphatic carbocycles. The zero-order valence-corrected chi connectivity index (χ0v) is 15.3. The zero-order chi connectivity index (χ0) is 16.8. The summed E-state index contributed by atoms with van der Waals surface area (Å²) in [6.45, 7) is 13.4. The summed E-state index contributed by atoms with van der Waals surface area (Å²) in [7, 11) is 0. The van der Waals surface area contributed by atoms with Crippen molar-refractivity contribution in [2.75, 3.05) is 6.54 Å². The number of hydrogen-bond acceptors (Lipinski definition) is 5. The van der Waals surface area contributed by atoms with Gasteiger partial charge in [-0.1, -0.05) is 20.8 Å². The van der Waals surface area contributed by atoms with Crippen molar-refractivity contribution in [1.29, 1.82) is 0 Å². The molecular weight excluding hydrogens is 298 g/mol. The summed E-state index contributed by atoms with van der Waals surface area (Å²) in [4.78, 5) is 17.4. The van der Waals surface area contributed by atoms with Gasteiger partial charge >= 0.3 is 6.09 Å². The Morgan fingerprint density at radius 3 is 2.59 bits per heavy atom. The van der Waals surface area contributed by atoms with Crippen LogP contribution in [0, 0.1) is 5.92 Å². The first kappa shape index (κ1) is 18.9. The Bertz CT molecular complexity index is 466. The smallest absolute Gasteiger partial charge is 0.407 e. The molecule has 0 radical (unpaired) electrons. The molecule has 1 rings (SSSR count). The maximum Gasteiger partial charge on any atom is 0.407 e. The van der Waals surface area contributed by atoms with Crippen LogP contribution in [0.15, 0.2) is 6.20 Å². The fourth-order valence-electron chi connectivity index (χ4n) is 1.86. The summed E-state index contributed by atoms with van der Waals surface area (Å²) in [5.74, 6) is 0.327. The highest BCUT2D eigenvalue weighted by molar-refractivity contribution is 7.11. The number of thiazole rings is 1. The van der Waals surface area contributed by atoms with E-state index in [9.17, 15) is 4.79 Å². The number of amides is 1. The number of alkyl carbamates (subject to hydrolysis) is 1. The minimum absolute atomic E-state index is 0.0356. The van der Waals surface area contributed by atoms with E-state index in [0.717, 1.165) is 18.0 Å². The standard InChI is InChI=1S/C16H29N3O2S/c1-7-14-18-9-12(22-14)8-17-10-13(11(2)3)19-15(20)21-16(4,5)6/h9,11,13,17H,7-8,10H2,1-6H3,(H,19,20). The molecule has 0 fully saturated rings. The molecule has 1 unspecified atom stereocenters. The number of aryl methyl sites for hydroxylation is 1. The Morgan fingerprint density at radius 2 is 2.09 bits per heavy atom. The lowest BCUT2D eigenvalue weighted by molar-refractivity contribution is 0.0490. The second kappa shape index (κ2) is 8.48. The van der Waals surface area contributed by atoms with Gasteiger partial charge in [-0.3, -0.25) is 0 Å². The number of nitrogens with one attached hydrogen (secondary N) is 2. The van der Waals surface area contributed by atoms with Crippen molar-refractivity contribution in [3.8, 4) is 0 Å². The molecule has 0 saturated carbocycles. The fraction of sp³-hybridized carbons (Fsp3) is 0.750. The zero-order valence-electron chi connectivity index (χ0n) is 14.5. The van der Waals surface area contributed by atoms with E-state index in [-0.39, 0.29) is 12.1 Å². The van der Waals surface area contributed by atoms with Gasteiger partial charge < -0.3 is 15.4 Å². The number of nitrogens with zero attached hydrogens (tertiary/aromatic N) is 1. The van der Waals surface area contributed by atoms with Crippen LogP contribution in [0.25, 0.3) is 0 Å². The van der Waals surface area contributed by atoms with E-state index in [4.69, 9.17) is 4.74 Å². The highest BCUT2D eigenvalue weighted by Crippen LogP contribution is 2.13. The highest BCUT2D eigenvalue weighted by Gasteiger charge is 2.21. The van der Waals surface area contributed by atoms with Crippen LogP contribution >= 0.6 is 11.3 Å². The molecule has 1 amide bonds. The van der Waals surface area contributed by atoms with Crippen LogP contribution in [0.1, 0.15) is 51.4 Å². The first-order chi connectivity index (χ1) is 10.2. The van der Waals surface area contributed by atoms with Gasteiger partial charge in [0.05, 0.1) is 5.01 Å². The second-order valence-electron chi connectivity index (χ2n) is 6.70. The van der Waals surface area contributed by atoms with Crippen molar-refractivity contribution in [2.45, 2.75) is 66.2 Å². The lowest BCUT2D eigenvalue weighted by Crippen LogP contribution is -2.46. The van der Waals surface area contributed by atoms with Crippen molar-refractivity contribution in [2.24, 2.45) is 5.92 Å². The number of ether oxygens (including phenoxy) is 1. The quantitative estimate of drug-likeness (QED) is 0.806. The maximum absolute atomic E-state index is 11.9. The summed E-state index contributed by atoms with van der Waals surface area (Å²) < 4.78 is 5.32. The molecule has 22 heavy (non-hydrogen) atoms. The summed E-state index contributed by atoms with van der Waals surface area (Å²) in [5.41, 5.74) is -0.474. The third-order valence-corrected chi connectivity index (χ3v) is 4.22. The Labute approximate surface area is 137 Å². The molecule has 0 spiro atoms. The molecule has 1 aromatic heterocycles. The van der Waals surface area contributed by atoms with Gasteiger partial charge in [-0.05, 0) is 33.1 Å². The molecule has 5 nitrogen and oxygen atoms in total. The predicted octanol–water partition coefficient (Wildman–Crippen LogP) is 3.34. The molecule has 0 bridgehead atoms. The molecule has 6 heteroatoms. The fourth-order valence-corrected chi connectivity index (χ4v) is 2.69. The monoisotopic (exact) mass is 327 g/mol. The highest BCUT2D eigenvalue weighted by atomic mass is 32.1. The molecule has 1 aromatic rings. The minimum atomic E-state index is -0.474. The first-order valence-electron chi connectivity index (χ1n) is 7.85. The van der Waals surface area contributed by atoms with Gasteiger partial charge in [-0.25, -0.2) is 9.78 Å². The number of carbonyl (C=O) groups excluding carboxylic acids is 1. The SMILES string of the molecule is CCc1ncc(CNCC(NC(=O)OC(C)(C)C)C(C)C)s1. The second-order valence-corrected chi connectivity index (χ2v) is 7.90. The molecule has 1 heterocycles. The molecule has 0 aromatic carbocycles. The average molecular weight is 327 g/mol. The van der Waals surface area contributed by atoms with Crippen LogP contribution in [0.3, 0.4) is 0 Å². The summed E-state index contributed by atoms with van der Waals surface area (Å²) >= 11 is 1.73. The lowest BCUT2D eigenvalue weighted by atomic mass is 10.0. The molecule has 1 atom stereocenters. The normalized spacial score (nSPS) is 13.2. The number of aromatic nitrogens is 1. The first-order valence-corrected chi connectivity index (χ1v) is 8.66. The van der Waals surface area contributed by atoms with Gasteiger partial charge in [0.1, 0.15) is 5.60 Å². The van der Waals surface area contributed by atoms with Crippen LogP contribution in [-0.2, 0) is 17.7 Å². The molecule has 126 valence electrons. The summed E-state index contributed by atoms with van der Waals surface area (Å²) in [5, 5.41) is 7.49. The van der Waals surface area contributed by atoms with E-state index in [2.05, 4.69) is 36.4 Å². The topological polar surface area (TPSA) is 63.2 Å². The van der Waals surface area contributed by atoms with E-state index in [1.54, 1.807) is 11.3 Å². The van der Waals surface area contributed by atoms with Gasteiger partial charge in [0, 0.05) is 30.2 Å². The number of rotatable bonds is 7. The van der Waals surface area contributed by atoms with Crippen LogP contribution in [-0.4, -0.2) is 29.3 Å². The van der Waals surface area contributed by atoms with E-state index >= 15 is 0 Å². The van der Waals surface area contributed by atoms with Crippen LogP contribution in [0.4, 0.5) is 4.79 Å². The van der Waals surface area contributed by atoms with Crippen LogP contribution < -0.4 is 10.6 Å². The predicted molar refractivity (Wildman–Crippen MR) is 91.2 cm³/mol. The third-order valence-electron chi connectivity index (χ3n) is 3.07. The van der Waals surface area contributed by atoms with Gasteiger partial charge in [0.2, 0.25) is 0 Å². The maximum atomic E-state index is 11.9. The van der Waals surface area contributed by atoms with Gasteiger partial charge in [0.15, 0.2) is 0 Å². The molecule has 0 saturated heterocycles. The Morgan fingerprint density at radius 1 is 1.41 bits per heavy atom. The van der Waals surface area contributed by atoms with Crippen molar-refractivity contribution in [1.82, 2.24) is 15.6 Å². The van der Waals surface area contributed by atoms with Crippen LogP contribution in [0.2, 0.25) is 0 Å². The van der Waals surface area contributed by atoms with Crippen LogP contribution in [0.5, 0.6) is 0 Å². The third kappa shape index (κ3) is 7.22. The van der Waals surface area contributed by atoms with E-state index < -0.39 is 5.60 Å². The summed E-state index contributed by atoms with van der Waals surface area (Å²) in [6.07, 6.45) is 2.53. The van der Waals surface area contributed by atoms with Crippen molar-refractivity contribution >= 4 is 17.4 Å². The molecule has 0 aliphatic rings. The minimum Gasteiger partial charge on any atom is -0.444 e. The Hall–Kier alpha value is -1.14. The Balaban J connectivity index is 2.42. The van der Waals surface area contributed by atoms with Gasteiger partial charge in [-0.15, -0.1) is 11.3 Å². The molecular formula is C16H29N3O2S. The largest absolute Gasteiger partial charge is 0.444 e. The number of carbonyl (C=O) groups is 1. The van der Waals surface area contributed by atoms with E-state index in [1.807, 2.05) is 27.0 Å². The van der Waals surface area contributed by atoms with Gasteiger partial charge in [-0.2, -0.15) is 0 Å². The lowest BCUT2D eigenvalue weighted by Gasteiger charge is -2.26. The van der Waals surface area contributed by atoms with Crippen molar-refractivity contribution < 1.29 is 9.53 Å². The van der Waals surface area contributed by atoms with Gasteiger partial charge in [0.25, 0.3) is 0 Å². The average Bonchev–Trinajstić information content (AvgIpc) is 2.83.